The fraction of sp³-hybridized carbons (Fsp3) is 0.803. The summed E-state index contributed by atoms with van der Waals surface area (Å²) in [5, 5.41) is 13.9. The number of aliphatic hydroxyl groups is 1. The minimum atomic E-state index is -4.61. The van der Waals surface area contributed by atoms with Gasteiger partial charge in [-0.3, -0.25) is 9.36 Å². The van der Waals surface area contributed by atoms with Gasteiger partial charge in [0.15, 0.2) is 0 Å². The van der Waals surface area contributed by atoms with Gasteiger partial charge in [-0.2, -0.15) is 0 Å². The molecule has 0 aromatic heterocycles. The van der Waals surface area contributed by atoms with E-state index >= 15 is 0 Å². The number of hydrogen-bond donors (Lipinski definition) is 2. The second-order valence-electron chi connectivity index (χ2n) is 22.7. The number of likely N-dealkylation sites (N-methyl/N-ethyl adjacent to an activating group) is 1. The first kappa shape index (κ1) is 72.9. The number of rotatable bonds is 58. The van der Waals surface area contributed by atoms with Gasteiger partial charge in [0.1, 0.15) is 13.2 Å². The van der Waals surface area contributed by atoms with Crippen molar-refractivity contribution in [3.8, 4) is 0 Å². The topological polar surface area (TPSA) is 108 Å². The minimum absolute atomic E-state index is 0.00816. The zero-order valence-electron chi connectivity index (χ0n) is 50.0. The van der Waals surface area contributed by atoms with Gasteiger partial charge in [-0.1, -0.05) is 292 Å². The highest BCUT2D eigenvalue weighted by Crippen LogP contribution is 2.38. The summed E-state index contributed by atoms with van der Waals surface area (Å²) in [6.07, 6.45) is 78.6. The molecule has 438 valence electrons. The number of carbonyl (C=O) groups is 1. The molecule has 0 aliphatic heterocycles. The molecule has 8 nitrogen and oxygen atoms in total. The third kappa shape index (κ3) is 59.4. The molecule has 0 aromatic carbocycles. The summed E-state index contributed by atoms with van der Waals surface area (Å²) >= 11 is 0. The average molecular weight is 1070 g/mol. The predicted octanol–water partition coefficient (Wildman–Crippen LogP) is 19.2. The third-order valence-electron chi connectivity index (χ3n) is 14.2. The molecule has 3 atom stereocenters. The Labute approximate surface area is 465 Å². The number of unbranched alkanes of at least 4 members (excludes halogenated alkanes) is 35. The smallest absolute Gasteiger partial charge is 0.268 e. The van der Waals surface area contributed by atoms with Crippen molar-refractivity contribution in [1.29, 1.82) is 0 Å². The Morgan fingerprint density at radius 2 is 0.813 bits per heavy atom. The van der Waals surface area contributed by atoms with Crippen LogP contribution >= 0.6 is 7.82 Å². The number of amides is 1. The highest BCUT2D eigenvalue weighted by Gasteiger charge is 2.23. The van der Waals surface area contributed by atoms with Crippen molar-refractivity contribution in [2.75, 3.05) is 40.9 Å². The first-order valence-electron chi connectivity index (χ1n) is 31.8. The lowest BCUT2D eigenvalue weighted by Crippen LogP contribution is -2.45. The largest absolute Gasteiger partial charge is 0.756 e. The van der Waals surface area contributed by atoms with E-state index in [4.69, 9.17) is 9.05 Å². The van der Waals surface area contributed by atoms with Crippen LogP contribution in [-0.2, 0) is 18.4 Å². The Kier molecular flexibility index (Phi) is 55.1. The molecule has 0 aliphatic carbocycles. The lowest BCUT2D eigenvalue weighted by atomic mass is 10.0. The number of carbonyl (C=O) groups excluding carboxylic acids is 1. The Morgan fingerprint density at radius 3 is 1.19 bits per heavy atom. The van der Waals surface area contributed by atoms with Crippen LogP contribution in [0.3, 0.4) is 0 Å². The molecule has 0 saturated heterocycles. The van der Waals surface area contributed by atoms with E-state index in [2.05, 4.69) is 79.9 Å². The standard InChI is InChI=1S/C66H123N2O6P/c1-6-8-10-12-14-16-18-20-22-24-26-28-29-30-31-32-33-34-35-36-37-38-40-41-43-45-47-49-51-53-55-57-59-65(69)64(63-74-75(71,72)73-62-61-68(3,4)5)67-66(70)60-58-56-54-52-50-48-46-44-42-39-27-25-23-21-19-17-15-13-11-9-7-2/h9,11,15,17,21,23,27,39,44,46,57,59,64-65,69H,6-8,10,12-14,16,18-20,22,24-26,28-38,40-43,45,47-56,58,60-63H2,1-5H3,(H-,67,70,71,72)/b11-9-,17-15-,23-21-,39-27-,46-44-,59-57+. The molecule has 2 N–H and O–H groups in total. The molecule has 9 heteroatoms. The SMILES string of the molecule is CC/C=C\C/C=C\C/C=C\C/C=C\C/C=C\CCCCCCCC(=O)NC(COP(=O)([O-])OCC[N+](C)(C)C)C(O)/C=C/CCCCCCCCCCCCCCCCCCCCCCCCCCCCCCCC. The van der Waals surface area contributed by atoms with Gasteiger partial charge in [0.05, 0.1) is 39.9 Å². The molecule has 0 aromatic rings. The van der Waals surface area contributed by atoms with E-state index in [0.29, 0.717) is 17.4 Å². The van der Waals surface area contributed by atoms with Crippen LogP contribution in [0.2, 0.25) is 0 Å². The lowest BCUT2D eigenvalue weighted by Gasteiger charge is -2.29. The first-order chi connectivity index (χ1) is 36.5. The van der Waals surface area contributed by atoms with E-state index in [-0.39, 0.29) is 12.5 Å². The molecule has 0 spiro atoms. The monoisotopic (exact) mass is 1070 g/mol. The summed E-state index contributed by atoms with van der Waals surface area (Å²) in [5.74, 6) is -0.215. The molecule has 3 unspecified atom stereocenters. The van der Waals surface area contributed by atoms with Crippen molar-refractivity contribution in [1.82, 2.24) is 5.32 Å². The van der Waals surface area contributed by atoms with Gasteiger partial charge < -0.3 is 28.8 Å². The van der Waals surface area contributed by atoms with Crippen LogP contribution in [0.15, 0.2) is 72.9 Å². The van der Waals surface area contributed by atoms with E-state index in [0.717, 1.165) is 89.9 Å². The summed E-state index contributed by atoms with van der Waals surface area (Å²) in [5.41, 5.74) is 0. The Hall–Kier alpha value is -2.06. The van der Waals surface area contributed by atoms with Gasteiger partial charge in [-0.05, 0) is 64.2 Å². The summed E-state index contributed by atoms with van der Waals surface area (Å²) in [4.78, 5) is 25.5. The number of nitrogens with zero attached hydrogens (tertiary/aromatic N) is 1. The number of phosphoric ester groups is 1. The zero-order valence-corrected chi connectivity index (χ0v) is 50.9. The molecule has 0 bridgehead atoms. The molecule has 0 rings (SSSR count). The lowest BCUT2D eigenvalue weighted by molar-refractivity contribution is -0.870. The maximum atomic E-state index is 13.0. The molecular formula is C66H123N2O6P. The Bertz CT molecular complexity index is 1450. The second kappa shape index (κ2) is 56.7. The quantitative estimate of drug-likeness (QED) is 0.0272. The molecule has 0 aliphatic rings. The van der Waals surface area contributed by atoms with Gasteiger partial charge in [0.25, 0.3) is 7.82 Å². The number of quaternary nitrogens is 1. The van der Waals surface area contributed by atoms with Crippen LogP contribution in [0, 0.1) is 0 Å². The highest BCUT2D eigenvalue weighted by molar-refractivity contribution is 7.45. The molecule has 0 fully saturated rings. The van der Waals surface area contributed by atoms with E-state index in [9.17, 15) is 19.4 Å². The van der Waals surface area contributed by atoms with E-state index in [1.807, 2.05) is 27.2 Å². The first-order valence-corrected chi connectivity index (χ1v) is 33.3. The molecule has 0 radical (unpaired) electrons. The molecular weight excluding hydrogens is 948 g/mol. The van der Waals surface area contributed by atoms with Crippen LogP contribution in [0.5, 0.6) is 0 Å². The second-order valence-corrected chi connectivity index (χ2v) is 24.1. The minimum Gasteiger partial charge on any atom is -0.756 e. The van der Waals surface area contributed by atoms with Gasteiger partial charge in [0.2, 0.25) is 5.91 Å². The fourth-order valence-electron chi connectivity index (χ4n) is 9.24. The normalized spacial score (nSPS) is 14.3. The van der Waals surface area contributed by atoms with Crippen LogP contribution < -0.4 is 10.2 Å². The van der Waals surface area contributed by atoms with Crippen molar-refractivity contribution < 1.29 is 32.9 Å². The number of aliphatic hydroxyl groups excluding tert-OH is 1. The summed E-state index contributed by atoms with van der Waals surface area (Å²) in [7, 11) is 1.24. The predicted molar refractivity (Wildman–Crippen MR) is 325 cm³/mol. The van der Waals surface area contributed by atoms with Crippen LogP contribution in [0.4, 0.5) is 0 Å². The van der Waals surface area contributed by atoms with Crippen LogP contribution in [-0.4, -0.2) is 68.5 Å². The van der Waals surface area contributed by atoms with E-state index < -0.39 is 26.6 Å². The Balaban J connectivity index is 4.13. The van der Waals surface area contributed by atoms with Crippen molar-refractivity contribution in [3.63, 3.8) is 0 Å². The summed E-state index contributed by atoms with van der Waals surface area (Å²) in [6.45, 7) is 4.54. The number of nitrogens with one attached hydrogen (secondary N) is 1. The van der Waals surface area contributed by atoms with Gasteiger partial charge >= 0.3 is 0 Å². The molecule has 75 heavy (non-hydrogen) atoms. The van der Waals surface area contributed by atoms with Crippen molar-refractivity contribution in [2.45, 2.75) is 302 Å². The van der Waals surface area contributed by atoms with Crippen molar-refractivity contribution >= 4 is 13.7 Å². The van der Waals surface area contributed by atoms with E-state index in [1.165, 1.54) is 180 Å². The number of allylic oxidation sites excluding steroid dienone is 11. The van der Waals surface area contributed by atoms with Crippen molar-refractivity contribution in [3.05, 3.63) is 72.9 Å². The number of phosphoric acid groups is 1. The van der Waals surface area contributed by atoms with Crippen LogP contribution in [0.1, 0.15) is 290 Å². The molecule has 1 amide bonds. The summed E-state index contributed by atoms with van der Waals surface area (Å²) in [6, 6.07) is -0.903. The number of hydrogen-bond acceptors (Lipinski definition) is 6. The fourth-order valence-corrected chi connectivity index (χ4v) is 9.96. The van der Waals surface area contributed by atoms with Crippen LogP contribution in [0.25, 0.3) is 0 Å². The van der Waals surface area contributed by atoms with Gasteiger partial charge in [0, 0.05) is 6.42 Å². The van der Waals surface area contributed by atoms with Gasteiger partial charge in [-0.15, -0.1) is 0 Å². The van der Waals surface area contributed by atoms with Crippen molar-refractivity contribution in [2.24, 2.45) is 0 Å². The average Bonchev–Trinajstić information content (AvgIpc) is 3.37. The molecule has 0 heterocycles. The maximum absolute atomic E-state index is 13.0. The van der Waals surface area contributed by atoms with E-state index in [1.54, 1.807) is 6.08 Å². The Morgan fingerprint density at radius 1 is 0.480 bits per heavy atom. The highest BCUT2D eigenvalue weighted by atomic mass is 31.2. The van der Waals surface area contributed by atoms with Gasteiger partial charge in [-0.25, -0.2) is 0 Å². The maximum Gasteiger partial charge on any atom is 0.268 e. The third-order valence-corrected chi connectivity index (χ3v) is 15.1. The zero-order chi connectivity index (χ0) is 54.9. The summed E-state index contributed by atoms with van der Waals surface area (Å²) < 4.78 is 23.4. The molecule has 0 saturated carbocycles.